The molecule has 11 heteroatoms. The molecule has 3 aromatic heterocycles. The summed E-state index contributed by atoms with van der Waals surface area (Å²) in [7, 11) is 0. The predicted octanol–water partition coefficient (Wildman–Crippen LogP) is 6.37. The molecular formula is C29H25ClN4O4S2. The predicted molar refractivity (Wildman–Crippen MR) is 160 cm³/mol. The number of amides is 1. The Labute approximate surface area is 242 Å². The molecule has 2 N–H and O–H groups in total. The quantitative estimate of drug-likeness (QED) is 0.129. The monoisotopic (exact) mass is 592 g/mol. The van der Waals surface area contributed by atoms with Crippen molar-refractivity contribution in [3.63, 3.8) is 0 Å². The molecule has 1 amide bonds. The lowest BCUT2D eigenvalue weighted by Crippen LogP contribution is -2.23. The van der Waals surface area contributed by atoms with Crippen LogP contribution in [0.2, 0.25) is 5.02 Å². The lowest BCUT2D eigenvalue weighted by atomic mass is 9.95. The Bertz CT molecular complexity index is 1820. The molecular weight excluding hydrogens is 568 g/mol. The number of halogens is 1. The summed E-state index contributed by atoms with van der Waals surface area (Å²) in [6.45, 7) is 2.03. The van der Waals surface area contributed by atoms with Crippen LogP contribution in [-0.2, 0) is 22.4 Å². The molecule has 8 nitrogen and oxygen atoms in total. The average Bonchev–Trinajstić information content (AvgIpc) is 3.51. The summed E-state index contributed by atoms with van der Waals surface area (Å²) in [5, 5.41) is 5.20. The van der Waals surface area contributed by atoms with Crippen LogP contribution in [0, 0.1) is 0 Å². The number of aromatic amines is 1. The van der Waals surface area contributed by atoms with E-state index in [9.17, 15) is 14.4 Å². The largest absolute Gasteiger partial charge is 0.462 e. The van der Waals surface area contributed by atoms with Crippen LogP contribution in [0.4, 0.5) is 5.00 Å². The number of rotatable bonds is 7. The van der Waals surface area contributed by atoms with Crippen molar-refractivity contribution in [3.8, 4) is 5.69 Å². The molecule has 3 heterocycles. The Balaban J connectivity index is 1.34. The van der Waals surface area contributed by atoms with Gasteiger partial charge < -0.3 is 15.0 Å². The highest BCUT2D eigenvalue weighted by atomic mass is 35.5. The van der Waals surface area contributed by atoms with Crippen molar-refractivity contribution in [2.75, 3.05) is 17.7 Å². The Morgan fingerprint density at radius 3 is 2.73 bits per heavy atom. The fraction of sp³-hybridized carbons (Fsp3) is 0.241. The molecule has 0 radical (unpaired) electrons. The molecule has 2 aromatic carbocycles. The van der Waals surface area contributed by atoms with E-state index in [-0.39, 0.29) is 23.8 Å². The van der Waals surface area contributed by atoms with Gasteiger partial charge in [-0.25, -0.2) is 9.78 Å². The maximum atomic E-state index is 13.7. The van der Waals surface area contributed by atoms with E-state index in [0.29, 0.717) is 37.5 Å². The number of H-pyrrole nitrogens is 1. The molecule has 0 atom stereocenters. The lowest BCUT2D eigenvalue weighted by molar-refractivity contribution is -0.113. The zero-order chi connectivity index (χ0) is 27.8. The van der Waals surface area contributed by atoms with E-state index < -0.39 is 5.97 Å². The molecule has 0 unspecified atom stereocenters. The number of nitrogens with one attached hydrogen (secondary N) is 2. The zero-order valence-corrected chi connectivity index (χ0v) is 24.0. The highest BCUT2D eigenvalue weighted by molar-refractivity contribution is 7.99. The van der Waals surface area contributed by atoms with E-state index >= 15 is 0 Å². The summed E-state index contributed by atoms with van der Waals surface area (Å²) in [6, 6.07) is 14.5. The third kappa shape index (κ3) is 4.91. The smallest absolute Gasteiger partial charge is 0.341 e. The van der Waals surface area contributed by atoms with E-state index in [1.807, 2.05) is 24.3 Å². The molecule has 0 fully saturated rings. The minimum Gasteiger partial charge on any atom is -0.462 e. The van der Waals surface area contributed by atoms with Gasteiger partial charge in [0, 0.05) is 20.8 Å². The number of thioether (sulfide) groups is 1. The van der Waals surface area contributed by atoms with E-state index in [2.05, 4.69) is 10.3 Å². The summed E-state index contributed by atoms with van der Waals surface area (Å²) < 4.78 is 6.80. The van der Waals surface area contributed by atoms with Gasteiger partial charge >= 0.3 is 5.97 Å². The Morgan fingerprint density at radius 1 is 1.15 bits per heavy atom. The topological polar surface area (TPSA) is 106 Å². The van der Waals surface area contributed by atoms with Crippen molar-refractivity contribution < 1.29 is 14.3 Å². The highest BCUT2D eigenvalue weighted by Crippen LogP contribution is 2.39. The standard InChI is InChI=1S/C29H25ClN4O4S2/c1-2-38-28(37)23-19-8-4-6-10-21(19)40-26(23)32-22(35)15-39-29-33-24-18-7-3-5-9-20(18)31-25(24)27(36)34(29)17-13-11-16(30)12-14-17/h3,5,7,9,11-14,31H,2,4,6,8,10,15H2,1H3,(H,32,35). The van der Waals surface area contributed by atoms with Gasteiger partial charge in [0.25, 0.3) is 5.56 Å². The Morgan fingerprint density at radius 2 is 1.93 bits per heavy atom. The zero-order valence-electron chi connectivity index (χ0n) is 21.6. The van der Waals surface area contributed by atoms with Gasteiger partial charge in [-0.1, -0.05) is 41.6 Å². The van der Waals surface area contributed by atoms with Gasteiger partial charge in [-0.2, -0.15) is 0 Å². The number of ether oxygens (including phenoxy) is 1. The minimum absolute atomic E-state index is 0.0152. The normalized spacial score (nSPS) is 12.9. The Hall–Kier alpha value is -3.60. The van der Waals surface area contributed by atoms with Gasteiger partial charge in [-0.15, -0.1) is 11.3 Å². The van der Waals surface area contributed by atoms with E-state index in [1.54, 1.807) is 31.2 Å². The van der Waals surface area contributed by atoms with Crippen LogP contribution in [0.3, 0.4) is 0 Å². The second kappa shape index (κ2) is 11.1. The van der Waals surface area contributed by atoms with Gasteiger partial charge in [-0.3, -0.25) is 14.2 Å². The molecule has 0 bridgehead atoms. The van der Waals surface area contributed by atoms with Crippen LogP contribution in [0.1, 0.15) is 40.6 Å². The number of aromatic nitrogens is 3. The average molecular weight is 593 g/mol. The van der Waals surface area contributed by atoms with Crippen LogP contribution in [0.25, 0.3) is 27.6 Å². The van der Waals surface area contributed by atoms with Gasteiger partial charge in [0.2, 0.25) is 5.91 Å². The first-order valence-corrected chi connectivity index (χ1v) is 15.2. The number of para-hydroxylation sites is 1. The number of carbonyl (C=O) groups excluding carboxylic acids is 2. The first kappa shape index (κ1) is 26.6. The SMILES string of the molecule is CCOC(=O)c1c(NC(=O)CSc2nc3c([nH]c4ccccc43)c(=O)n2-c2ccc(Cl)cc2)sc2c1CCCC2. The summed E-state index contributed by atoms with van der Waals surface area (Å²) in [6.07, 6.45) is 3.75. The third-order valence-corrected chi connectivity index (χ3v) is 9.21. The van der Waals surface area contributed by atoms with E-state index in [4.69, 9.17) is 21.3 Å². The second-order valence-corrected chi connectivity index (χ2v) is 11.9. The summed E-state index contributed by atoms with van der Waals surface area (Å²) in [4.78, 5) is 48.9. The number of carbonyl (C=O) groups is 2. The number of fused-ring (bicyclic) bond motifs is 4. The number of nitrogens with zero attached hydrogens (tertiary/aromatic N) is 2. The molecule has 6 rings (SSSR count). The molecule has 1 aliphatic rings. The van der Waals surface area contributed by atoms with E-state index in [1.165, 1.54) is 15.9 Å². The summed E-state index contributed by atoms with van der Waals surface area (Å²) in [5.74, 6) is -0.725. The van der Waals surface area contributed by atoms with Gasteiger partial charge in [-0.05, 0) is 68.5 Å². The van der Waals surface area contributed by atoms with Crippen molar-refractivity contribution in [1.29, 1.82) is 0 Å². The molecule has 204 valence electrons. The van der Waals surface area contributed by atoms with Crippen molar-refractivity contribution in [2.45, 2.75) is 37.8 Å². The number of aryl methyl sites for hydroxylation is 1. The maximum absolute atomic E-state index is 13.7. The fourth-order valence-corrected chi connectivity index (χ4v) is 7.25. The molecule has 0 saturated carbocycles. The Kier molecular flexibility index (Phi) is 7.39. The van der Waals surface area contributed by atoms with Crippen LogP contribution in [-0.4, -0.2) is 38.8 Å². The number of hydrogen-bond donors (Lipinski definition) is 2. The first-order valence-electron chi connectivity index (χ1n) is 13.0. The van der Waals surface area contributed by atoms with Crippen LogP contribution in [0.15, 0.2) is 58.5 Å². The van der Waals surface area contributed by atoms with Gasteiger partial charge in [0.15, 0.2) is 5.16 Å². The molecule has 0 aliphatic heterocycles. The first-order chi connectivity index (χ1) is 19.4. The molecule has 40 heavy (non-hydrogen) atoms. The highest BCUT2D eigenvalue weighted by Gasteiger charge is 2.27. The number of thiophene rings is 1. The number of esters is 1. The number of hydrogen-bond acceptors (Lipinski definition) is 7. The van der Waals surface area contributed by atoms with Crippen LogP contribution in [0.5, 0.6) is 0 Å². The van der Waals surface area contributed by atoms with Gasteiger partial charge in [0.05, 0.1) is 23.6 Å². The van der Waals surface area contributed by atoms with Crippen LogP contribution >= 0.6 is 34.7 Å². The summed E-state index contributed by atoms with van der Waals surface area (Å²) >= 11 is 8.70. The lowest BCUT2D eigenvalue weighted by Gasteiger charge is -2.13. The molecule has 0 spiro atoms. The summed E-state index contributed by atoms with van der Waals surface area (Å²) in [5.41, 5.74) is 3.50. The van der Waals surface area contributed by atoms with E-state index in [0.717, 1.165) is 58.8 Å². The van der Waals surface area contributed by atoms with Crippen molar-refractivity contribution in [1.82, 2.24) is 14.5 Å². The van der Waals surface area contributed by atoms with Crippen molar-refractivity contribution in [3.05, 3.63) is 79.9 Å². The third-order valence-electron chi connectivity index (χ3n) is 6.82. The molecule has 0 saturated heterocycles. The number of benzene rings is 2. The maximum Gasteiger partial charge on any atom is 0.341 e. The van der Waals surface area contributed by atoms with Crippen molar-refractivity contribution in [2.24, 2.45) is 0 Å². The second-order valence-electron chi connectivity index (χ2n) is 9.38. The van der Waals surface area contributed by atoms with Crippen LogP contribution < -0.4 is 10.9 Å². The fourth-order valence-electron chi connectivity index (χ4n) is 5.02. The van der Waals surface area contributed by atoms with Crippen molar-refractivity contribution >= 4 is 73.5 Å². The molecule has 1 aliphatic carbocycles. The van der Waals surface area contributed by atoms with Gasteiger partial charge in [0.1, 0.15) is 16.0 Å². The molecule has 5 aromatic rings. The minimum atomic E-state index is -0.409. The number of anilines is 1.